The molecule has 0 saturated carbocycles. The molecule has 8 heteroatoms. The van der Waals surface area contributed by atoms with Crippen LogP contribution < -0.4 is 103 Å². The van der Waals surface area contributed by atoms with Crippen LogP contribution >= 0.6 is 7.82 Å². The molecule has 0 saturated heterocycles. The average molecular weight is 218 g/mol. The molecule has 0 aliphatic heterocycles. The Morgan fingerprint density at radius 3 is 1.12 bits per heavy atom. The molecular weight excluding hydrogens is 212 g/mol. The molecule has 0 aromatic heterocycles. The molecule has 34 valence electrons. The van der Waals surface area contributed by atoms with Gasteiger partial charge in [-0.2, -0.15) is 0 Å². The Balaban J connectivity index is -0.00000000800. The Morgan fingerprint density at radius 2 is 1.12 bits per heavy atom. The molecule has 3 N–H and O–H groups in total. The van der Waals surface area contributed by atoms with Crippen LogP contribution in [0.5, 0.6) is 0 Å². The summed E-state index contributed by atoms with van der Waals surface area (Å²) in [6.45, 7) is 0. The standard InChI is InChI=1S/3K.H3O4P.H/c;;;1-5(2,3)4;/h;;;(H3,1,2,3,4);/q;2*+1;;/p+2. The predicted molar refractivity (Wildman–Crippen MR) is 23.6 cm³/mol. The average Bonchev–Trinajstić information content (AvgIpc) is 0.722. The van der Waals surface area contributed by atoms with E-state index in [1.807, 2.05) is 0 Å². The third-order valence-corrected chi connectivity index (χ3v) is 0. The van der Waals surface area contributed by atoms with Crippen LogP contribution in [0.15, 0.2) is 0 Å². The molecule has 0 aliphatic carbocycles. The van der Waals surface area contributed by atoms with Gasteiger partial charge in [0.2, 0.25) is 0 Å². The fourth-order valence-corrected chi connectivity index (χ4v) is 0. The zero-order valence-corrected chi connectivity index (χ0v) is 11.3. The Hall–Kier alpha value is 5.02. The summed E-state index contributed by atoms with van der Waals surface area (Å²) in [6, 6.07) is 0. The normalized spacial score (nSPS) is 7.38. The minimum absolute atomic E-state index is 0. The summed E-state index contributed by atoms with van der Waals surface area (Å²) < 4.78 is 8.88. The first-order valence-corrected chi connectivity index (χ1v) is 2.35. The van der Waals surface area contributed by atoms with E-state index in [0.717, 1.165) is 0 Å². The number of hydrogen-bond donors (Lipinski definition) is 3. The van der Waals surface area contributed by atoms with Gasteiger partial charge in [-0.05, 0) is 0 Å². The quantitative estimate of drug-likeness (QED) is 0.279. The Kier molecular flexibility index (Phi) is 34.7. The molecule has 0 aromatic carbocycles. The van der Waals surface area contributed by atoms with Crippen LogP contribution in [0.1, 0.15) is 2.85 Å². The van der Waals surface area contributed by atoms with Gasteiger partial charge in [-0.15, -0.1) is 0 Å². The molecule has 0 spiro atoms. The Morgan fingerprint density at radius 1 is 1.12 bits per heavy atom. The van der Waals surface area contributed by atoms with Crippen LogP contribution in [0.25, 0.3) is 0 Å². The van der Waals surface area contributed by atoms with Crippen LogP contribution in [0.2, 0.25) is 0 Å². The van der Waals surface area contributed by atoms with Crippen molar-refractivity contribution in [3.63, 3.8) is 0 Å². The van der Waals surface area contributed by atoms with E-state index in [0.29, 0.717) is 0 Å². The number of rotatable bonds is 0. The van der Waals surface area contributed by atoms with Gasteiger partial charge in [0, 0.05) is 0 Å². The van der Waals surface area contributed by atoms with Gasteiger partial charge in [0.15, 0.2) is 0 Å². The van der Waals surface area contributed by atoms with E-state index in [-0.39, 0.29) is 157 Å². The summed E-state index contributed by atoms with van der Waals surface area (Å²) in [5, 5.41) is 0. The second-order valence-electron chi connectivity index (χ2n) is 0.513. The minimum atomic E-state index is -4.64. The zero-order chi connectivity index (χ0) is 4.50. The van der Waals surface area contributed by atoms with Crippen molar-refractivity contribution >= 4 is 59.2 Å². The second-order valence-corrected chi connectivity index (χ2v) is 1.54. The second kappa shape index (κ2) is 12.0. The molecule has 0 amide bonds. The maximum absolute atomic E-state index is 8.88. The van der Waals surface area contributed by atoms with Crippen LogP contribution in [0.4, 0.5) is 0 Å². The summed E-state index contributed by atoms with van der Waals surface area (Å²) in [7, 11) is -4.64. The van der Waals surface area contributed by atoms with Gasteiger partial charge in [-0.1, -0.05) is 0 Å². The van der Waals surface area contributed by atoms with Crippen LogP contribution in [0.3, 0.4) is 0 Å². The van der Waals surface area contributed by atoms with E-state index in [2.05, 4.69) is 0 Å². The molecular formula is H6K3O4P+4. The fraction of sp³-hybridized carbons (Fsp3) is 0. The van der Waals surface area contributed by atoms with Crippen molar-refractivity contribution in [1.82, 2.24) is 0 Å². The summed E-state index contributed by atoms with van der Waals surface area (Å²) in [6.07, 6.45) is 0. The summed E-state index contributed by atoms with van der Waals surface area (Å²) in [5.74, 6) is 0. The van der Waals surface area contributed by atoms with E-state index in [1.54, 1.807) is 0 Å². The molecule has 0 bridgehead atoms. The van der Waals surface area contributed by atoms with Crippen LogP contribution in [-0.2, 0) is 4.57 Å². The topological polar surface area (TPSA) is 77.8 Å². The molecule has 0 radical (unpaired) electrons. The van der Waals surface area contributed by atoms with Crippen LogP contribution in [-0.4, -0.2) is 66.1 Å². The van der Waals surface area contributed by atoms with Crippen molar-refractivity contribution in [3.8, 4) is 0 Å². The first kappa shape index (κ1) is 23.1. The fourth-order valence-electron chi connectivity index (χ4n) is 0. The van der Waals surface area contributed by atoms with Crippen molar-refractivity contribution in [2.45, 2.75) is 0 Å². The van der Waals surface area contributed by atoms with Gasteiger partial charge in [0.25, 0.3) is 0 Å². The van der Waals surface area contributed by atoms with Crippen molar-refractivity contribution in [1.29, 1.82) is 0 Å². The summed E-state index contributed by atoms with van der Waals surface area (Å²) in [4.78, 5) is 21.6. The molecule has 0 unspecified atom stereocenters. The third-order valence-electron chi connectivity index (χ3n) is 0. The molecule has 0 aliphatic rings. The molecule has 0 aromatic rings. The third kappa shape index (κ3) is 43.9. The maximum atomic E-state index is 8.88. The Bertz CT molecular complexity index is 64.6. The molecule has 0 fully saturated rings. The van der Waals surface area contributed by atoms with Crippen molar-refractivity contribution in [2.75, 3.05) is 0 Å². The van der Waals surface area contributed by atoms with E-state index >= 15 is 0 Å². The van der Waals surface area contributed by atoms with Gasteiger partial charge in [-0.3, -0.25) is 0 Å². The molecule has 0 rings (SSSR count). The Labute approximate surface area is 178 Å². The molecule has 0 atom stereocenters. The summed E-state index contributed by atoms with van der Waals surface area (Å²) >= 11 is 0. The van der Waals surface area contributed by atoms with Gasteiger partial charge < -0.3 is 14.7 Å². The number of phosphoric acid groups is 1. The van der Waals surface area contributed by atoms with Gasteiger partial charge >= 0.3 is 165 Å². The van der Waals surface area contributed by atoms with Gasteiger partial charge in [-0.25, -0.2) is 4.57 Å². The van der Waals surface area contributed by atoms with Crippen LogP contribution in [0, 0.1) is 0 Å². The van der Waals surface area contributed by atoms with E-state index in [9.17, 15) is 0 Å². The van der Waals surface area contributed by atoms with E-state index in [1.165, 1.54) is 0 Å². The molecule has 4 nitrogen and oxygen atoms in total. The van der Waals surface area contributed by atoms with Crippen molar-refractivity contribution in [2.24, 2.45) is 0 Å². The zero-order valence-electron chi connectivity index (χ0n) is 6.20. The first-order chi connectivity index (χ1) is 2.00. The SMILES string of the molecule is O=P(O)(O)O.[H+].[H+].[K+].[K+].[KH]. The predicted octanol–water partition coefficient (Wildman–Crippen LogP) is -7.34. The van der Waals surface area contributed by atoms with Crippen molar-refractivity contribution in [3.05, 3.63) is 0 Å². The molecule has 0 heterocycles. The monoisotopic (exact) mass is 218 g/mol. The van der Waals surface area contributed by atoms with Crippen molar-refractivity contribution < 1.29 is 125 Å². The molecule has 8 heavy (non-hydrogen) atoms. The van der Waals surface area contributed by atoms with E-state index < -0.39 is 7.82 Å². The number of hydrogen-bond acceptors (Lipinski definition) is 1. The first-order valence-electron chi connectivity index (χ1n) is 0.783. The van der Waals surface area contributed by atoms with E-state index in [4.69, 9.17) is 19.2 Å². The summed E-state index contributed by atoms with van der Waals surface area (Å²) in [5.41, 5.74) is 0. The van der Waals surface area contributed by atoms with Gasteiger partial charge in [0.1, 0.15) is 0 Å². The van der Waals surface area contributed by atoms with Gasteiger partial charge in [0.05, 0.1) is 0 Å².